The molecular formula is C12H14I4. The average Bonchev–Trinajstić information content (AvgIpc) is 2.14. The molecule has 4 heteroatoms. The third-order valence-electron chi connectivity index (χ3n) is 2.49. The minimum absolute atomic E-state index is 0.599. The number of halogens is 4. The molecule has 0 aliphatic carbocycles. The fourth-order valence-corrected chi connectivity index (χ4v) is 7.44. The van der Waals surface area contributed by atoms with Gasteiger partial charge in [0, 0.05) is 14.3 Å². The van der Waals surface area contributed by atoms with E-state index in [9.17, 15) is 0 Å². The standard InChI is InChI=1S/C12H14I4/c1-5(2)7-9(13)11(15)8(6(3)4)12(16)10(7)14/h5-6H,1-4H3. The van der Waals surface area contributed by atoms with Crippen LogP contribution in [0, 0.1) is 14.3 Å². The van der Waals surface area contributed by atoms with Crippen LogP contribution in [0.2, 0.25) is 0 Å². The van der Waals surface area contributed by atoms with Crippen LogP contribution in [-0.2, 0) is 0 Å². The molecule has 0 heterocycles. The van der Waals surface area contributed by atoms with Gasteiger partial charge in [0.1, 0.15) is 0 Å². The van der Waals surface area contributed by atoms with Crippen LogP contribution in [0.4, 0.5) is 0 Å². The molecular weight excluding hydrogens is 652 g/mol. The number of rotatable bonds is 2. The maximum atomic E-state index is 2.51. The average molecular weight is 666 g/mol. The lowest BCUT2D eigenvalue weighted by Gasteiger charge is -2.20. The highest BCUT2D eigenvalue weighted by Crippen LogP contribution is 2.39. The first kappa shape index (κ1) is 16.2. The van der Waals surface area contributed by atoms with Crippen LogP contribution in [0.3, 0.4) is 0 Å². The lowest BCUT2D eigenvalue weighted by Crippen LogP contribution is -2.08. The zero-order valence-corrected chi connectivity index (χ0v) is 18.3. The first-order chi connectivity index (χ1) is 7.29. The minimum Gasteiger partial charge on any atom is -0.0586 e. The Bertz CT molecular complexity index is 340. The van der Waals surface area contributed by atoms with Gasteiger partial charge in [-0.3, -0.25) is 0 Å². The monoisotopic (exact) mass is 666 g/mol. The molecule has 0 atom stereocenters. The Kier molecular flexibility index (Phi) is 6.61. The summed E-state index contributed by atoms with van der Waals surface area (Å²) in [7, 11) is 0. The molecule has 0 unspecified atom stereocenters. The largest absolute Gasteiger partial charge is 0.0586 e. The topological polar surface area (TPSA) is 0 Å². The first-order valence-electron chi connectivity index (χ1n) is 5.14. The van der Waals surface area contributed by atoms with Gasteiger partial charge in [-0.2, -0.15) is 0 Å². The van der Waals surface area contributed by atoms with Crippen LogP contribution in [-0.4, -0.2) is 0 Å². The Morgan fingerprint density at radius 1 is 0.562 bits per heavy atom. The van der Waals surface area contributed by atoms with Crippen molar-refractivity contribution in [3.63, 3.8) is 0 Å². The summed E-state index contributed by atoms with van der Waals surface area (Å²) >= 11 is 10.0. The SMILES string of the molecule is CC(C)c1c(I)c(I)c(C(C)C)c(I)c1I. The van der Waals surface area contributed by atoms with E-state index in [1.807, 2.05) is 0 Å². The molecule has 0 amide bonds. The summed E-state index contributed by atoms with van der Waals surface area (Å²) in [4.78, 5) is 0. The Labute approximate surface area is 153 Å². The van der Waals surface area contributed by atoms with Gasteiger partial charge in [-0.1, -0.05) is 27.7 Å². The van der Waals surface area contributed by atoms with Crippen molar-refractivity contribution < 1.29 is 0 Å². The van der Waals surface area contributed by atoms with Crippen molar-refractivity contribution in [2.24, 2.45) is 0 Å². The van der Waals surface area contributed by atoms with Gasteiger partial charge in [-0.25, -0.2) is 0 Å². The Morgan fingerprint density at radius 2 is 0.750 bits per heavy atom. The Balaban J connectivity index is 3.63. The van der Waals surface area contributed by atoms with E-state index in [1.54, 1.807) is 0 Å². The molecule has 0 nitrogen and oxygen atoms in total. The van der Waals surface area contributed by atoms with Crippen LogP contribution in [0.15, 0.2) is 0 Å². The molecule has 0 aliphatic heterocycles. The van der Waals surface area contributed by atoms with E-state index in [0.717, 1.165) is 0 Å². The van der Waals surface area contributed by atoms with E-state index in [0.29, 0.717) is 11.8 Å². The number of benzene rings is 1. The summed E-state index contributed by atoms with van der Waals surface area (Å²) in [5.74, 6) is 1.20. The second-order valence-corrected chi connectivity index (χ2v) is 8.71. The zero-order chi connectivity index (χ0) is 12.6. The van der Waals surface area contributed by atoms with Crippen LogP contribution in [0.25, 0.3) is 0 Å². The van der Waals surface area contributed by atoms with E-state index in [1.165, 1.54) is 25.4 Å². The van der Waals surface area contributed by atoms with E-state index in [4.69, 9.17) is 0 Å². The van der Waals surface area contributed by atoms with E-state index in [2.05, 4.69) is 118 Å². The predicted octanol–water partition coefficient (Wildman–Crippen LogP) is 6.35. The molecule has 0 saturated carbocycles. The van der Waals surface area contributed by atoms with E-state index in [-0.39, 0.29) is 0 Å². The van der Waals surface area contributed by atoms with Crippen LogP contribution in [0.1, 0.15) is 50.7 Å². The third-order valence-corrected chi connectivity index (χ3v) is 9.03. The van der Waals surface area contributed by atoms with Gasteiger partial charge in [0.2, 0.25) is 0 Å². The molecule has 0 fully saturated rings. The fraction of sp³-hybridized carbons (Fsp3) is 0.500. The van der Waals surface area contributed by atoms with Gasteiger partial charge in [0.15, 0.2) is 0 Å². The second-order valence-electron chi connectivity index (χ2n) is 4.39. The highest BCUT2D eigenvalue weighted by atomic mass is 127. The molecule has 0 spiro atoms. The predicted molar refractivity (Wildman–Crippen MR) is 105 cm³/mol. The maximum absolute atomic E-state index is 2.51. The van der Waals surface area contributed by atoms with Crippen molar-refractivity contribution in [2.45, 2.75) is 39.5 Å². The quantitative estimate of drug-likeness (QED) is 0.255. The summed E-state index contributed by atoms with van der Waals surface area (Å²) in [6.45, 7) is 9.11. The molecule has 1 aromatic rings. The maximum Gasteiger partial charge on any atom is 0.0312 e. The lowest BCUT2D eigenvalue weighted by molar-refractivity contribution is 0.819. The smallest absolute Gasteiger partial charge is 0.0312 e. The summed E-state index contributed by atoms with van der Waals surface area (Å²) in [6, 6.07) is 0. The zero-order valence-electron chi connectivity index (χ0n) is 9.67. The lowest BCUT2D eigenvalue weighted by atomic mass is 9.97. The number of hydrogen-bond donors (Lipinski definition) is 0. The van der Waals surface area contributed by atoms with E-state index >= 15 is 0 Å². The summed E-state index contributed by atoms with van der Waals surface area (Å²) in [5, 5.41) is 0. The molecule has 16 heavy (non-hydrogen) atoms. The second kappa shape index (κ2) is 6.53. The first-order valence-corrected chi connectivity index (χ1v) is 9.46. The summed E-state index contributed by atoms with van der Waals surface area (Å²) < 4.78 is 5.78. The number of hydrogen-bond acceptors (Lipinski definition) is 0. The normalized spacial score (nSPS) is 11.6. The van der Waals surface area contributed by atoms with Crippen molar-refractivity contribution in [2.75, 3.05) is 0 Å². The molecule has 0 radical (unpaired) electrons. The molecule has 0 N–H and O–H groups in total. The van der Waals surface area contributed by atoms with Gasteiger partial charge in [0.05, 0.1) is 0 Å². The molecule has 1 aromatic carbocycles. The van der Waals surface area contributed by atoms with Gasteiger partial charge in [-0.05, 0) is 113 Å². The fourth-order valence-electron chi connectivity index (χ4n) is 1.68. The van der Waals surface area contributed by atoms with Crippen molar-refractivity contribution in [3.05, 3.63) is 25.4 Å². The third kappa shape index (κ3) is 3.17. The highest BCUT2D eigenvalue weighted by Gasteiger charge is 2.21. The molecule has 0 saturated heterocycles. The van der Waals surface area contributed by atoms with Crippen molar-refractivity contribution in [1.82, 2.24) is 0 Å². The van der Waals surface area contributed by atoms with Crippen molar-refractivity contribution >= 4 is 90.4 Å². The van der Waals surface area contributed by atoms with Gasteiger partial charge in [0.25, 0.3) is 0 Å². The van der Waals surface area contributed by atoms with Crippen molar-refractivity contribution in [1.29, 1.82) is 0 Å². The molecule has 90 valence electrons. The van der Waals surface area contributed by atoms with Crippen LogP contribution in [0.5, 0.6) is 0 Å². The van der Waals surface area contributed by atoms with Gasteiger partial charge >= 0.3 is 0 Å². The highest BCUT2D eigenvalue weighted by molar-refractivity contribution is 14.1. The molecule has 0 bridgehead atoms. The summed E-state index contributed by atoms with van der Waals surface area (Å²) in [5.41, 5.74) is 3.03. The van der Waals surface area contributed by atoms with Crippen LogP contribution >= 0.6 is 90.4 Å². The Hall–Kier alpha value is 2.14. The minimum atomic E-state index is 0.599. The van der Waals surface area contributed by atoms with Crippen molar-refractivity contribution in [3.8, 4) is 0 Å². The van der Waals surface area contributed by atoms with Crippen LogP contribution < -0.4 is 0 Å². The molecule has 1 rings (SSSR count). The Morgan fingerprint density at radius 3 is 0.875 bits per heavy atom. The van der Waals surface area contributed by atoms with Gasteiger partial charge < -0.3 is 0 Å². The molecule has 0 aromatic heterocycles. The molecule has 0 aliphatic rings. The summed E-state index contributed by atoms with van der Waals surface area (Å²) in [6.07, 6.45) is 0. The van der Waals surface area contributed by atoms with E-state index < -0.39 is 0 Å². The van der Waals surface area contributed by atoms with Gasteiger partial charge in [-0.15, -0.1) is 0 Å².